The second-order valence-electron chi connectivity index (χ2n) is 6.00. The first-order valence-corrected chi connectivity index (χ1v) is 8.67. The molecule has 0 unspecified atom stereocenters. The van der Waals surface area contributed by atoms with E-state index < -0.39 is 12.0 Å². The van der Waals surface area contributed by atoms with E-state index in [-0.39, 0.29) is 41.9 Å². The first kappa shape index (κ1) is 23.2. The molecule has 0 saturated carbocycles. The average Bonchev–Trinajstić information content (AvgIpc) is 2.54. The Labute approximate surface area is 167 Å². The minimum atomic E-state index is -1.23. The summed E-state index contributed by atoms with van der Waals surface area (Å²) in [7, 11) is 0. The fourth-order valence-corrected chi connectivity index (χ4v) is 2.55. The van der Waals surface area contributed by atoms with Gasteiger partial charge in [-0.3, -0.25) is 4.79 Å². The number of carbonyl (C=O) groups is 2. The molecule has 1 amide bonds. The summed E-state index contributed by atoms with van der Waals surface area (Å²) in [6.07, 6.45) is 8.58. The smallest absolute Gasteiger partial charge is 0.548 e. The van der Waals surface area contributed by atoms with Gasteiger partial charge in [0, 0.05) is 6.42 Å². The summed E-state index contributed by atoms with van der Waals surface area (Å²) in [6, 6.07) is 8.30. The zero-order valence-electron chi connectivity index (χ0n) is 15.1. The van der Waals surface area contributed by atoms with Gasteiger partial charge in [0.2, 0.25) is 5.91 Å². The molecule has 0 aliphatic rings. The molecular weight excluding hydrogens is 313 g/mol. The van der Waals surface area contributed by atoms with Gasteiger partial charge < -0.3 is 15.2 Å². The van der Waals surface area contributed by atoms with Gasteiger partial charge in [0.05, 0.1) is 12.0 Å². The Bertz CT molecular complexity index is 465. The van der Waals surface area contributed by atoms with Crippen LogP contribution in [0, 0.1) is 0 Å². The van der Waals surface area contributed by atoms with Gasteiger partial charge in [-0.2, -0.15) is 0 Å². The molecule has 1 N–H and O–H groups in total. The number of carboxylic acid groups (broad SMARTS) is 1. The Kier molecular flexibility index (Phi) is 14.0. The molecule has 0 aromatic heterocycles. The molecule has 24 heavy (non-hydrogen) atoms. The maximum Gasteiger partial charge on any atom is 1.00 e. The monoisotopic (exact) mass is 341 g/mol. The van der Waals surface area contributed by atoms with E-state index in [4.69, 9.17) is 0 Å². The molecule has 5 heteroatoms. The van der Waals surface area contributed by atoms with E-state index in [2.05, 4.69) is 12.2 Å². The molecular formula is C19H28NNaO3. The second-order valence-corrected chi connectivity index (χ2v) is 6.00. The number of hydrogen-bond donors (Lipinski definition) is 1. The number of hydrogen-bond acceptors (Lipinski definition) is 3. The molecule has 4 nitrogen and oxygen atoms in total. The first-order valence-electron chi connectivity index (χ1n) is 8.67. The van der Waals surface area contributed by atoms with E-state index in [1.165, 1.54) is 25.7 Å². The van der Waals surface area contributed by atoms with E-state index >= 15 is 0 Å². The molecule has 1 aromatic carbocycles. The van der Waals surface area contributed by atoms with Crippen molar-refractivity contribution in [2.75, 3.05) is 0 Å². The quantitative estimate of drug-likeness (QED) is 0.416. The van der Waals surface area contributed by atoms with E-state index in [0.29, 0.717) is 6.42 Å². The van der Waals surface area contributed by atoms with Crippen molar-refractivity contribution in [3.05, 3.63) is 35.9 Å². The molecule has 0 radical (unpaired) electrons. The van der Waals surface area contributed by atoms with Crippen LogP contribution in [0.5, 0.6) is 0 Å². The van der Waals surface area contributed by atoms with Crippen molar-refractivity contribution in [2.45, 2.75) is 70.8 Å². The number of aliphatic carboxylic acids is 1. The van der Waals surface area contributed by atoms with Gasteiger partial charge in [-0.1, -0.05) is 75.8 Å². The molecule has 0 bridgehead atoms. The van der Waals surface area contributed by atoms with E-state index in [0.717, 1.165) is 24.8 Å². The summed E-state index contributed by atoms with van der Waals surface area (Å²) in [4.78, 5) is 23.1. The average molecular weight is 341 g/mol. The van der Waals surface area contributed by atoms with E-state index in [1.54, 1.807) is 0 Å². The number of nitrogens with one attached hydrogen (secondary N) is 1. The third-order valence-electron chi connectivity index (χ3n) is 3.91. The van der Waals surface area contributed by atoms with E-state index in [9.17, 15) is 14.7 Å². The molecule has 1 aromatic rings. The Morgan fingerprint density at radius 1 is 1.00 bits per heavy atom. The molecule has 0 heterocycles. The predicted octanol–water partition coefficient (Wildman–Crippen LogP) is -0.391. The van der Waals surface area contributed by atoms with Gasteiger partial charge in [-0.15, -0.1) is 0 Å². The van der Waals surface area contributed by atoms with Crippen molar-refractivity contribution < 1.29 is 44.3 Å². The second kappa shape index (κ2) is 14.5. The molecule has 0 aliphatic carbocycles. The summed E-state index contributed by atoms with van der Waals surface area (Å²) in [5, 5.41) is 13.8. The normalized spacial score (nSPS) is 11.4. The van der Waals surface area contributed by atoms with Gasteiger partial charge in [0.1, 0.15) is 0 Å². The van der Waals surface area contributed by atoms with Crippen LogP contribution in [0.4, 0.5) is 0 Å². The van der Waals surface area contributed by atoms with Gasteiger partial charge in [-0.05, 0) is 18.4 Å². The maximum absolute atomic E-state index is 11.9. The van der Waals surface area contributed by atoms with Gasteiger partial charge in [0.15, 0.2) is 0 Å². The van der Waals surface area contributed by atoms with Crippen LogP contribution >= 0.6 is 0 Å². The Morgan fingerprint density at radius 3 is 2.17 bits per heavy atom. The fraction of sp³-hybridized carbons (Fsp3) is 0.579. The van der Waals surface area contributed by atoms with Crippen molar-refractivity contribution in [3.8, 4) is 0 Å². The number of rotatable bonds is 12. The van der Waals surface area contributed by atoms with Gasteiger partial charge in [-0.25, -0.2) is 0 Å². The fourth-order valence-electron chi connectivity index (χ4n) is 2.55. The summed E-state index contributed by atoms with van der Waals surface area (Å²) in [6.45, 7) is 2.19. The molecule has 1 atom stereocenters. The Morgan fingerprint density at radius 2 is 1.58 bits per heavy atom. The predicted molar refractivity (Wildman–Crippen MR) is 89.7 cm³/mol. The van der Waals surface area contributed by atoms with Crippen molar-refractivity contribution in [2.24, 2.45) is 0 Å². The van der Waals surface area contributed by atoms with Crippen LogP contribution in [0.1, 0.15) is 63.9 Å². The third-order valence-corrected chi connectivity index (χ3v) is 3.91. The van der Waals surface area contributed by atoms with Crippen LogP contribution < -0.4 is 40.0 Å². The zero-order chi connectivity index (χ0) is 16.9. The van der Waals surface area contributed by atoms with Crippen LogP contribution in [0.15, 0.2) is 30.3 Å². The molecule has 0 aliphatic heterocycles. The molecule has 0 saturated heterocycles. The van der Waals surface area contributed by atoms with Crippen molar-refractivity contribution in [1.82, 2.24) is 5.32 Å². The first-order chi connectivity index (χ1) is 11.1. The van der Waals surface area contributed by atoms with Crippen LogP contribution in [-0.4, -0.2) is 17.9 Å². The topological polar surface area (TPSA) is 69.2 Å². The van der Waals surface area contributed by atoms with Crippen molar-refractivity contribution in [3.63, 3.8) is 0 Å². The number of carbonyl (C=O) groups excluding carboxylic acids is 2. The summed E-state index contributed by atoms with van der Waals surface area (Å²) in [5.74, 6) is -1.44. The summed E-state index contributed by atoms with van der Waals surface area (Å²) < 4.78 is 0. The van der Waals surface area contributed by atoms with Crippen molar-refractivity contribution in [1.29, 1.82) is 0 Å². The largest absolute Gasteiger partial charge is 1.00 e. The Balaban J connectivity index is 0.00000529. The zero-order valence-corrected chi connectivity index (χ0v) is 17.1. The number of unbranched alkanes of at least 4 members (excludes halogenated alkanes) is 6. The van der Waals surface area contributed by atoms with Gasteiger partial charge in [0.25, 0.3) is 0 Å². The minimum absolute atomic E-state index is 0. The standard InChI is InChI=1S/C19H29NO3.Na/c1-2-3-4-5-6-7-11-14-18(21)20-17(19(22)23)15-16-12-9-8-10-13-16;/h8-10,12-13,17H,2-7,11,14-15H2,1H3,(H,20,21)(H,22,23);/q;+1/p-1/t17-;/m0./s1. The maximum atomic E-state index is 11.9. The van der Waals surface area contributed by atoms with Crippen LogP contribution in [0.25, 0.3) is 0 Å². The van der Waals surface area contributed by atoms with Crippen LogP contribution in [0.3, 0.4) is 0 Å². The molecule has 0 spiro atoms. The van der Waals surface area contributed by atoms with E-state index in [1.807, 2.05) is 30.3 Å². The third kappa shape index (κ3) is 10.8. The van der Waals surface area contributed by atoms with Gasteiger partial charge >= 0.3 is 29.6 Å². The number of carboxylic acids is 1. The number of benzene rings is 1. The summed E-state index contributed by atoms with van der Waals surface area (Å²) in [5.41, 5.74) is 0.873. The number of amides is 1. The Hall–Kier alpha value is -0.840. The molecule has 128 valence electrons. The minimum Gasteiger partial charge on any atom is -0.548 e. The molecule has 1 rings (SSSR count). The van der Waals surface area contributed by atoms with Crippen LogP contribution in [-0.2, 0) is 16.0 Å². The summed E-state index contributed by atoms with van der Waals surface area (Å²) >= 11 is 0. The SMILES string of the molecule is CCCCCCCCCC(=O)N[C@@H](Cc1ccccc1)C(=O)[O-].[Na+]. The van der Waals surface area contributed by atoms with Crippen molar-refractivity contribution >= 4 is 11.9 Å². The molecule has 0 fully saturated rings. The van der Waals surface area contributed by atoms with Crippen LogP contribution in [0.2, 0.25) is 0 Å².